The van der Waals surface area contributed by atoms with Gasteiger partial charge in [0.15, 0.2) is 0 Å². The van der Waals surface area contributed by atoms with Crippen molar-refractivity contribution in [3.05, 3.63) is 36.0 Å². The van der Waals surface area contributed by atoms with E-state index in [1.807, 2.05) is 38.1 Å². The molecular formula is C27H38N6O6. The number of H-pyrrole nitrogens is 1. The summed E-state index contributed by atoms with van der Waals surface area (Å²) in [5, 5.41) is 15.6. The lowest BCUT2D eigenvalue weighted by molar-refractivity contribution is -0.145. The van der Waals surface area contributed by atoms with Gasteiger partial charge in [-0.2, -0.15) is 0 Å². The van der Waals surface area contributed by atoms with Gasteiger partial charge in [0.25, 0.3) is 0 Å². The fourth-order valence-electron chi connectivity index (χ4n) is 4.93. The Balaban J connectivity index is 1.82. The molecule has 39 heavy (non-hydrogen) atoms. The number of nitrogens with two attached hydrogens (primary N) is 2. The van der Waals surface area contributed by atoms with Crippen LogP contribution in [0.2, 0.25) is 0 Å². The number of hydrogen-bond acceptors (Lipinski definition) is 6. The van der Waals surface area contributed by atoms with Crippen LogP contribution in [0.3, 0.4) is 0 Å². The first kappa shape index (κ1) is 29.6. The number of nitrogens with zero attached hydrogens (tertiary/aromatic N) is 1. The molecule has 12 heteroatoms. The smallest absolute Gasteiger partial charge is 0.326 e. The maximum absolute atomic E-state index is 13.8. The Hall–Kier alpha value is -3.93. The molecular weight excluding hydrogens is 504 g/mol. The minimum absolute atomic E-state index is 0.163. The third-order valence-electron chi connectivity index (χ3n) is 6.91. The summed E-state index contributed by atoms with van der Waals surface area (Å²) >= 11 is 0. The number of primary amides is 1. The molecule has 12 nitrogen and oxygen atoms in total. The highest BCUT2D eigenvalue weighted by Gasteiger charge is 2.39. The van der Waals surface area contributed by atoms with E-state index < -0.39 is 53.8 Å². The number of carbonyl (C=O) groups is 5. The van der Waals surface area contributed by atoms with Crippen molar-refractivity contribution in [2.24, 2.45) is 17.4 Å². The Bertz CT molecular complexity index is 1210. The molecule has 1 aliphatic heterocycles. The van der Waals surface area contributed by atoms with Gasteiger partial charge in [-0.25, -0.2) is 4.79 Å². The largest absolute Gasteiger partial charge is 0.480 e. The van der Waals surface area contributed by atoms with Gasteiger partial charge in [0.05, 0.1) is 6.04 Å². The van der Waals surface area contributed by atoms with Gasteiger partial charge in [-0.1, -0.05) is 32.0 Å². The summed E-state index contributed by atoms with van der Waals surface area (Å²) in [4.78, 5) is 67.2. The first-order valence-corrected chi connectivity index (χ1v) is 13.2. The molecule has 0 radical (unpaired) electrons. The number of fused-ring (bicyclic) bond motifs is 1. The number of carbonyl (C=O) groups excluding carboxylic acids is 4. The lowest BCUT2D eigenvalue weighted by Crippen LogP contribution is -2.57. The maximum atomic E-state index is 13.8. The fourth-order valence-corrected chi connectivity index (χ4v) is 4.93. The van der Waals surface area contributed by atoms with E-state index in [0.717, 1.165) is 16.5 Å². The lowest BCUT2D eigenvalue weighted by atomic mass is 10.0. The van der Waals surface area contributed by atoms with E-state index in [-0.39, 0.29) is 31.7 Å². The Morgan fingerprint density at radius 3 is 2.51 bits per heavy atom. The Morgan fingerprint density at radius 1 is 1.13 bits per heavy atom. The number of likely N-dealkylation sites (tertiary alicyclic amines) is 1. The van der Waals surface area contributed by atoms with Crippen LogP contribution in [0.5, 0.6) is 0 Å². The van der Waals surface area contributed by atoms with E-state index in [1.54, 1.807) is 6.20 Å². The van der Waals surface area contributed by atoms with Gasteiger partial charge >= 0.3 is 5.97 Å². The third kappa shape index (κ3) is 7.79. The zero-order valence-electron chi connectivity index (χ0n) is 22.3. The summed E-state index contributed by atoms with van der Waals surface area (Å²) in [6, 6.07) is 3.56. The molecule has 0 spiro atoms. The highest BCUT2D eigenvalue weighted by Crippen LogP contribution is 2.23. The van der Waals surface area contributed by atoms with E-state index in [0.29, 0.717) is 19.3 Å². The molecule has 1 fully saturated rings. The molecule has 4 amide bonds. The van der Waals surface area contributed by atoms with Crippen molar-refractivity contribution >= 4 is 40.5 Å². The lowest BCUT2D eigenvalue weighted by Gasteiger charge is -2.30. The number of aromatic nitrogens is 1. The zero-order chi connectivity index (χ0) is 28.7. The molecule has 0 bridgehead atoms. The van der Waals surface area contributed by atoms with Crippen LogP contribution in [-0.4, -0.2) is 75.3 Å². The van der Waals surface area contributed by atoms with Gasteiger partial charge in [-0.3, -0.25) is 19.2 Å². The van der Waals surface area contributed by atoms with Crippen LogP contribution in [0.4, 0.5) is 0 Å². The van der Waals surface area contributed by atoms with Gasteiger partial charge < -0.3 is 37.1 Å². The number of carboxylic acid groups (broad SMARTS) is 1. The average molecular weight is 543 g/mol. The first-order chi connectivity index (χ1) is 18.5. The maximum Gasteiger partial charge on any atom is 0.326 e. The summed E-state index contributed by atoms with van der Waals surface area (Å²) in [5.41, 5.74) is 12.9. The van der Waals surface area contributed by atoms with Crippen LogP contribution in [-0.2, 0) is 30.4 Å². The van der Waals surface area contributed by atoms with Gasteiger partial charge in [-0.15, -0.1) is 0 Å². The average Bonchev–Trinajstić information content (AvgIpc) is 3.52. The van der Waals surface area contributed by atoms with Crippen molar-refractivity contribution < 1.29 is 29.1 Å². The van der Waals surface area contributed by atoms with Crippen molar-refractivity contribution in [2.45, 2.75) is 76.5 Å². The number of aromatic amines is 1. The van der Waals surface area contributed by atoms with E-state index in [2.05, 4.69) is 15.6 Å². The highest BCUT2D eigenvalue weighted by atomic mass is 16.4. The molecule has 1 aliphatic rings. The Morgan fingerprint density at radius 2 is 1.85 bits per heavy atom. The minimum atomic E-state index is -1.32. The molecule has 3 rings (SSSR count). The highest BCUT2D eigenvalue weighted by molar-refractivity contribution is 5.95. The molecule has 0 aliphatic carbocycles. The molecule has 4 unspecified atom stereocenters. The monoisotopic (exact) mass is 542 g/mol. The number of carboxylic acids is 1. The van der Waals surface area contributed by atoms with Crippen molar-refractivity contribution in [3.8, 4) is 0 Å². The first-order valence-electron chi connectivity index (χ1n) is 13.2. The second kappa shape index (κ2) is 13.2. The van der Waals surface area contributed by atoms with Gasteiger partial charge in [0.2, 0.25) is 23.6 Å². The number of nitrogens with one attached hydrogen (secondary N) is 3. The summed E-state index contributed by atoms with van der Waals surface area (Å²) in [5.74, 6) is -3.35. The molecule has 2 heterocycles. The summed E-state index contributed by atoms with van der Waals surface area (Å²) in [6.45, 7) is 4.17. The number of benzene rings is 1. The van der Waals surface area contributed by atoms with Crippen molar-refractivity contribution in [1.82, 2.24) is 20.5 Å². The molecule has 1 aromatic heterocycles. The van der Waals surface area contributed by atoms with Crippen LogP contribution in [0, 0.1) is 5.92 Å². The van der Waals surface area contributed by atoms with E-state index in [4.69, 9.17) is 11.5 Å². The van der Waals surface area contributed by atoms with E-state index in [9.17, 15) is 29.1 Å². The molecule has 0 saturated carbocycles. The van der Waals surface area contributed by atoms with Crippen molar-refractivity contribution in [2.75, 3.05) is 6.54 Å². The number of rotatable bonds is 13. The normalized spacial score (nSPS) is 17.5. The topological polar surface area (TPSA) is 201 Å². The van der Waals surface area contributed by atoms with Gasteiger partial charge in [0.1, 0.15) is 18.1 Å². The van der Waals surface area contributed by atoms with Crippen LogP contribution >= 0.6 is 0 Å². The predicted octanol–water partition coefficient (Wildman–Crippen LogP) is 0.395. The quantitative estimate of drug-likeness (QED) is 0.210. The minimum Gasteiger partial charge on any atom is -0.480 e. The van der Waals surface area contributed by atoms with Gasteiger partial charge in [-0.05, 0) is 43.2 Å². The number of aliphatic carboxylic acids is 1. The molecule has 212 valence electrons. The van der Waals surface area contributed by atoms with Crippen LogP contribution < -0.4 is 22.1 Å². The van der Waals surface area contributed by atoms with E-state index >= 15 is 0 Å². The second-order valence-corrected chi connectivity index (χ2v) is 10.5. The molecule has 1 saturated heterocycles. The number of hydrogen-bond donors (Lipinski definition) is 6. The predicted molar refractivity (Wildman–Crippen MR) is 144 cm³/mol. The summed E-state index contributed by atoms with van der Waals surface area (Å²) < 4.78 is 0. The van der Waals surface area contributed by atoms with Crippen LogP contribution in [0.15, 0.2) is 30.5 Å². The fraction of sp³-hybridized carbons (Fsp3) is 0.519. The third-order valence-corrected chi connectivity index (χ3v) is 6.91. The van der Waals surface area contributed by atoms with Crippen LogP contribution in [0.25, 0.3) is 10.9 Å². The summed E-state index contributed by atoms with van der Waals surface area (Å²) in [6.07, 6.45) is 2.89. The standard InChI is InChI=1S/C27H38N6O6/c1-15(2)12-18(28)24(35)32-21(13-16-14-30-19-7-4-3-6-17(16)19)26(37)33-11-5-8-22(33)25(36)31-20(27(38)39)9-10-23(29)34/h3-4,6-7,14-15,18,20-22,30H,5,8-13,28H2,1-2H3,(H2,29,34)(H,31,36)(H,32,35)(H,38,39). The van der Waals surface area contributed by atoms with Crippen molar-refractivity contribution in [3.63, 3.8) is 0 Å². The Kier molecular flexibility index (Phi) is 10.0. The van der Waals surface area contributed by atoms with E-state index in [1.165, 1.54) is 4.90 Å². The Labute approximate surface area is 226 Å². The van der Waals surface area contributed by atoms with Crippen molar-refractivity contribution in [1.29, 1.82) is 0 Å². The molecule has 8 N–H and O–H groups in total. The van der Waals surface area contributed by atoms with Gasteiger partial charge in [0, 0.05) is 36.5 Å². The summed E-state index contributed by atoms with van der Waals surface area (Å²) in [7, 11) is 0. The number of amides is 4. The van der Waals surface area contributed by atoms with Crippen LogP contribution in [0.1, 0.15) is 51.5 Å². The second-order valence-electron chi connectivity index (χ2n) is 10.5. The number of para-hydroxylation sites is 1. The molecule has 1 aromatic carbocycles. The zero-order valence-corrected chi connectivity index (χ0v) is 22.3. The molecule has 2 aromatic rings. The SMILES string of the molecule is CC(C)CC(N)C(=O)NC(Cc1c[nH]c2ccccc12)C(=O)N1CCCC1C(=O)NC(CCC(N)=O)C(=O)O. The molecule has 4 atom stereocenters.